The molecule has 3 unspecified atom stereocenters. The molecule has 6 atom stereocenters. The van der Waals surface area contributed by atoms with E-state index in [9.17, 15) is 19.5 Å². The van der Waals surface area contributed by atoms with E-state index in [0.717, 1.165) is 63.4 Å². The Bertz CT molecular complexity index is 1190. The number of thioether (sulfide) groups is 1. The molecular formula is C36H51N3O4S. The quantitative estimate of drug-likeness (QED) is 0.209. The number of aliphatic hydroxyl groups is 1. The molecule has 240 valence electrons. The average Bonchev–Trinajstić information content (AvgIpc) is 3.63. The molecule has 2 bridgehead atoms. The summed E-state index contributed by atoms with van der Waals surface area (Å²) in [4.78, 5) is 49.8. The summed E-state index contributed by atoms with van der Waals surface area (Å²) in [6.45, 7) is 12.1. The molecule has 1 aromatic carbocycles. The van der Waals surface area contributed by atoms with Crippen LogP contribution < -0.4 is 0 Å². The second-order valence-corrected chi connectivity index (χ2v) is 14.8. The van der Waals surface area contributed by atoms with Gasteiger partial charge in [-0.3, -0.25) is 14.4 Å². The second kappa shape index (κ2) is 14.7. The van der Waals surface area contributed by atoms with Crippen molar-refractivity contribution in [3.05, 3.63) is 61.2 Å². The average molecular weight is 622 g/mol. The van der Waals surface area contributed by atoms with Crippen LogP contribution >= 0.6 is 11.8 Å². The van der Waals surface area contributed by atoms with Gasteiger partial charge in [-0.2, -0.15) is 0 Å². The van der Waals surface area contributed by atoms with Gasteiger partial charge in [0, 0.05) is 44.1 Å². The third-order valence-corrected chi connectivity index (χ3v) is 12.6. The lowest BCUT2D eigenvalue weighted by Crippen LogP contribution is -2.59. The van der Waals surface area contributed by atoms with Crippen LogP contribution in [0.1, 0.15) is 76.7 Å². The minimum Gasteiger partial charge on any atom is -0.396 e. The van der Waals surface area contributed by atoms with Crippen LogP contribution in [0.5, 0.6) is 0 Å². The van der Waals surface area contributed by atoms with Gasteiger partial charge in [0.15, 0.2) is 0 Å². The van der Waals surface area contributed by atoms with E-state index in [1.54, 1.807) is 17.8 Å². The third-order valence-electron chi connectivity index (χ3n) is 10.6. The number of fused-ring (bicyclic) bond motifs is 1. The molecule has 3 heterocycles. The molecule has 8 heteroatoms. The van der Waals surface area contributed by atoms with E-state index >= 15 is 0 Å². The molecule has 4 fully saturated rings. The maximum atomic E-state index is 14.9. The highest BCUT2D eigenvalue weighted by Gasteiger charge is 2.76. The number of carbonyl (C=O) groups is 3. The number of hydrogen-bond acceptors (Lipinski definition) is 5. The van der Waals surface area contributed by atoms with Crippen molar-refractivity contribution in [3.63, 3.8) is 0 Å². The van der Waals surface area contributed by atoms with Gasteiger partial charge in [0.1, 0.15) is 6.04 Å². The van der Waals surface area contributed by atoms with Gasteiger partial charge in [-0.15, -0.1) is 24.9 Å². The van der Waals surface area contributed by atoms with Gasteiger partial charge in [0.2, 0.25) is 17.7 Å². The molecule has 3 amide bonds. The van der Waals surface area contributed by atoms with Gasteiger partial charge in [0.25, 0.3) is 0 Å². The Labute approximate surface area is 268 Å². The van der Waals surface area contributed by atoms with Gasteiger partial charge in [-0.25, -0.2) is 0 Å². The number of hydrogen-bond donors (Lipinski definition) is 1. The molecule has 1 aliphatic carbocycles. The summed E-state index contributed by atoms with van der Waals surface area (Å²) in [6.07, 6.45) is 13.1. The van der Waals surface area contributed by atoms with Crippen molar-refractivity contribution in [2.75, 3.05) is 26.2 Å². The first-order chi connectivity index (χ1) is 21.4. The molecule has 1 aromatic rings. The molecule has 44 heavy (non-hydrogen) atoms. The van der Waals surface area contributed by atoms with Crippen molar-refractivity contribution in [2.24, 2.45) is 17.8 Å². The Morgan fingerprint density at radius 3 is 2.41 bits per heavy atom. The molecule has 1 N–H and O–H groups in total. The predicted molar refractivity (Wildman–Crippen MR) is 177 cm³/mol. The monoisotopic (exact) mass is 621 g/mol. The standard InChI is InChI=1S/C36H51N3O4S/c1-4-20-37(25-27-16-10-8-11-17-27)33(41)30-29-24-26(3)36(44-29)31(30)34(42)39(22-14-6-7-15-23-40)32(36)35(43)38(21-5-2)28-18-12-9-13-19-28/h4-5,8,10-11,16-17,26,28-32,40H,1-2,6-7,9,12-15,18-25H2,3H3/t26?,29-,30+,31+,32?,36?/m1/s1. The molecule has 0 aromatic heterocycles. The van der Waals surface area contributed by atoms with Crippen LogP contribution in [0, 0.1) is 17.8 Å². The Morgan fingerprint density at radius 1 is 1.02 bits per heavy atom. The van der Waals surface area contributed by atoms with Crippen LogP contribution in [0.2, 0.25) is 0 Å². The van der Waals surface area contributed by atoms with E-state index < -0.39 is 22.6 Å². The fraction of sp³-hybridized carbons (Fsp3) is 0.639. The Balaban J connectivity index is 1.49. The summed E-state index contributed by atoms with van der Waals surface area (Å²) < 4.78 is -0.620. The summed E-state index contributed by atoms with van der Waals surface area (Å²) >= 11 is 1.77. The SMILES string of the molecule is C=CCN(Cc1ccccc1)C(=O)[C@@H]1[C@H]2C(=O)N(CCCCCCO)C(C(=O)N(CC=C)C3CCCCC3)C23S[C@@H]1CC3C. The molecule has 3 saturated heterocycles. The van der Waals surface area contributed by atoms with Crippen molar-refractivity contribution in [1.29, 1.82) is 0 Å². The fourth-order valence-electron chi connectivity index (χ4n) is 8.58. The highest BCUT2D eigenvalue weighted by molar-refractivity contribution is 8.02. The number of carbonyl (C=O) groups excluding carboxylic acids is 3. The molecule has 4 aliphatic rings. The van der Waals surface area contributed by atoms with Gasteiger partial charge >= 0.3 is 0 Å². The lowest BCUT2D eigenvalue weighted by molar-refractivity contribution is -0.145. The highest BCUT2D eigenvalue weighted by atomic mass is 32.2. The van der Waals surface area contributed by atoms with E-state index in [1.165, 1.54) is 6.42 Å². The van der Waals surface area contributed by atoms with Crippen molar-refractivity contribution in [3.8, 4) is 0 Å². The molecule has 1 spiro atoms. The van der Waals surface area contributed by atoms with E-state index in [0.29, 0.717) is 26.2 Å². The first kappa shape index (κ1) is 32.8. The van der Waals surface area contributed by atoms with Crippen molar-refractivity contribution in [1.82, 2.24) is 14.7 Å². The number of amides is 3. The van der Waals surface area contributed by atoms with Crippen LogP contribution in [-0.2, 0) is 20.9 Å². The predicted octanol–water partition coefficient (Wildman–Crippen LogP) is 5.44. The molecule has 0 radical (unpaired) electrons. The van der Waals surface area contributed by atoms with Gasteiger partial charge in [-0.1, -0.05) is 81.5 Å². The van der Waals surface area contributed by atoms with Crippen molar-refractivity contribution >= 4 is 29.5 Å². The Kier molecular flexibility index (Phi) is 10.9. The lowest BCUT2D eigenvalue weighted by atomic mass is 9.65. The van der Waals surface area contributed by atoms with Crippen LogP contribution in [0.4, 0.5) is 0 Å². The summed E-state index contributed by atoms with van der Waals surface area (Å²) in [7, 11) is 0. The first-order valence-corrected chi connectivity index (χ1v) is 17.7. The Hall–Kier alpha value is -2.58. The Morgan fingerprint density at radius 2 is 1.73 bits per heavy atom. The lowest BCUT2D eigenvalue weighted by Gasteiger charge is -2.43. The van der Waals surface area contributed by atoms with E-state index in [1.807, 2.05) is 51.1 Å². The highest BCUT2D eigenvalue weighted by Crippen LogP contribution is 2.69. The summed E-state index contributed by atoms with van der Waals surface area (Å²) in [5.74, 6) is -0.800. The van der Waals surface area contributed by atoms with Crippen LogP contribution in [-0.4, -0.2) is 85.8 Å². The largest absolute Gasteiger partial charge is 0.396 e. The number of likely N-dealkylation sites (tertiary alicyclic amines) is 1. The molecule has 3 aliphatic heterocycles. The summed E-state index contributed by atoms with van der Waals surface area (Å²) in [5, 5.41) is 9.28. The first-order valence-electron chi connectivity index (χ1n) is 16.8. The third kappa shape index (κ3) is 6.13. The van der Waals surface area contributed by atoms with Crippen molar-refractivity contribution < 1.29 is 19.5 Å². The number of benzene rings is 1. The maximum Gasteiger partial charge on any atom is 0.247 e. The van der Waals surface area contributed by atoms with Crippen LogP contribution in [0.15, 0.2) is 55.6 Å². The minimum atomic E-state index is -0.620. The normalized spacial score (nSPS) is 29.5. The van der Waals surface area contributed by atoms with Gasteiger partial charge in [-0.05, 0) is 43.6 Å². The molecule has 7 nitrogen and oxygen atoms in total. The van der Waals surface area contributed by atoms with E-state index in [-0.39, 0.29) is 41.5 Å². The smallest absolute Gasteiger partial charge is 0.247 e. The number of aliphatic hydroxyl groups excluding tert-OH is 1. The topological polar surface area (TPSA) is 81.2 Å². The molecular weight excluding hydrogens is 570 g/mol. The van der Waals surface area contributed by atoms with Gasteiger partial charge < -0.3 is 19.8 Å². The van der Waals surface area contributed by atoms with Crippen LogP contribution in [0.3, 0.4) is 0 Å². The number of unbranched alkanes of at least 4 members (excludes halogenated alkanes) is 3. The second-order valence-electron chi connectivity index (χ2n) is 13.3. The molecule has 5 rings (SSSR count). The zero-order valence-electron chi connectivity index (χ0n) is 26.4. The summed E-state index contributed by atoms with van der Waals surface area (Å²) in [6, 6.07) is 9.56. The zero-order chi connectivity index (χ0) is 31.3. The van der Waals surface area contributed by atoms with Crippen molar-refractivity contribution in [2.45, 2.75) is 99.8 Å². The van der Waals surface area contributed by atoms with Crippen LogP contribution in [0.25, 0.3) is 0 Å². The maximum absolute atomic E-state index is 14.9. The number of nitrogens with zero attached hydrogens (tertiary/aromatic N) is 3. The number of rotatable bonds is 15. The van der Waals surface area contributed by atoms with E-state index in [2.05, 4.69) is 20.1 Å². The molecule has 1 saturated carbocycles. The fourth-order valence-corrected chi connectivity index (χ4v) is 11.0. The zero-order valence-corrected chi connectivity index (χ0v) is 27.3. The van der Waals surface area contributed by atoms with E-state index in [4.69, 9.17) is 0 Å². The minimum absolute atomic E-state index is 0.00426. The van der Waals surface area contributed by atoms with Gasteiger partial charge in [0.05, 0.1) is 16.6 Å². The summed E-state index contributed by atoms with van der Waals surface area (Å²) in [5.41, 5.74) is 1.05.